The van der Waals surface area contributed by atoms with E-state index in [9.17, 15) is 4.79 Å². The maximum Gasteiger partial charge on any atom is 0.310 e. The molecule has 0 aliphatic heterocycles. The van der Waals surface area contributed by atoms with Crippen molar-refractivity contribution in [3.05, 3.63) is 0 Å². The first kappa shape index (κ1) is 12.9. The van der Waals surface area contributed by atoms with Crippen molar-refractivity contribution in [1.29, 1.82) is 0 Å². The minimum absolute atomic E-state index is 0.316. The summed E-state index contributed by atoms with van der Waals surface area (Å²) in [6, 6.07) is 0.316. The highest BCUT2D eigenvalue weighted by atomic mass is 16.6. The molecule has 0 aromatic rings. The van der Waals surface area contributed by atoms with E-state index in [4.69, 9.17) is 4.74 Å². The number of hydrogen-bond donors (Lipinski definition) is 2. The van der Waals surface area contributed by atoms with E-state index in [1.807, 2.05) is 14.0 Å². The molecular weight excluding hydrogens is 182 g/mol. The molecule has 0 aromatic carbocycles. The van der Waals surface area contributed by atoms with E-state index in [1.165, 1.54) is 6.92 Å². The van der Waals surface area contributed by atoms with E-state index >= 15 is 0 Å². The van der Waals surface area contributed by atoms with Crippen LogP contribution in [0.1, 0.15) is 20.3 Å². The summed E-state index contributed by atoms with van der Waals surface area (Å²) in [5.41, 5.74) is 0. The highest BCUT2D eigenvalue weighted by Crippen LogP contribution is 1.84. The van der Waals surface area contributed by atoms with Gasteiger partial charge in [-0.2, -0.15) is 0 Å². The maximum absolute atomic E-state index is 10.7. The van der Waals surface area contributed by atoms with Crippen molar-refractivity contribution < 1.29 is 9.53 Å². The van der Waals surface area contributed by atoms with Crippen LogP contribution >= 0.6 is 0 Å². The molecule has 0 unspecified atom stereocenters. The zero-order valence-corrected chi connectivity index (χ0v) is 9.09. The third-order valence-corrected chi connectivity index (χ3v) is 1.41. The van der Waals surface area contributed by atoms with Crippen LogP contribution in [0.5, 0.6) is 0 Å². The van der Waals surface area contributed by atoms with Crippen molar-refractivity contribution >= 4 is 12.0 Å². The summed E-state index contributed by atoms with van der Waals surface area (Å²) in [5.74, 6) is -0.349. The fourth-order valence-corrected chi connectivity index (χ4v) is 0.848. The molecule has 0 fully saturated rings. The monoisotopic (exact) mass is 201 g/mol. The molecule has 0 radical (unpaired) electrons. The highest BCUT2D eigenvalue weighted by Gasteiger charge is 2.00. The van der Waals surface area contributed by atoms with Crippen LogP contribution in [0, 0.1) is 0 Å². The Morgan fingerprint density at radius 3 is 2.71 bits per heavy atom. The number of amidine groups is 1. The second-order valence-corrected chi connectivity index (χ2v) is 2.77. The minimum atomic E-state index is -0.349. The SMILES string of the molecule is CCNC(=NCCCNC)OC(C)=O. The van der Waals surface area contributed by atoms with E-state index in [0.717, 1.165) is 13.0 Å². The van der Waals surface area contributed by atoms with Crippen molar-refractivity contribution in [1.82, 2.24) is 10.6 Å². The van der Waals surface area contributed by atoms with Crippen molar-refractivity contribution in [2.75, 3.05) is 26.7 Å². The van der Waals surface area contributed by atoms with Gasteiger partial charge < -0.3 is 15.4 Å². The molecule has 0 bridgehead atoms. The van der Waals surface area contributed by atoms with E-state index < -0.39 is 0 Å². The zero-order chi connectivity index (χ0) is 10.8. The molecule has 0 saturated carbocycles. The first-order chi connectivity index (χ1) is 6.70. The van der Waals surface area contributed by atoms with Gasteiger partial charge in [-0.05, 0) is 26.9 Å². The smallest absolute Gasteiger partial charge is 0.310 e. The number of aliphatic imine (C=N–C) groups is 1. The van der Waals surface area contributed by atoms with Gasteiger partial charge in [-0.3, -0.25) is 4.79 Å². The second-order valence-electron chi connectivity index (χ2n) is 2.77. The van der Waals surface area contributed by atoms with Gasteiger partial charge in [-0.25, -0.2) is 4.99 Å². The summed E-state index contributed by atoms with van der Waals surface area (Å²) in [6.45, 7) is 5.53. The molecule has 0 aromatic heterocycles. The Morgan fingerprint density at radius 1 is 1.50 bits per heavy atom. The summed E-state index contributed by atoms with van der Waals surface area (Å²) in [5, 5.41) is 5.89. The van der Waals surface area contributed by atoms with Gasteiger partial charge in [0.15, 0.2) is 0 Å². The Morgan fingerprint density at radius 2 is 2.21 bits per heavy atom. The summed E-state index contributed by atoms with van der Waals surface area (Å²) < 4.78 is 4.85. The number of hydrogen-bond acceptors (Lipinski definition) is 4. The third-order valence-electron chi connectivity index (χ3n) is 1.41. The van der Waals surface area contributed by atoms with Crippen molar-refractivity contribution in [3.63, 3.8) is 0 Å². The number of nitrogens with one attached hydrogen (secondary N) is 2. The van der Waals surface area contributed by atoms with Gasteiger partial charge in [0, 0.05) is 20.0 Å². The molecule has 82 valence electrons. The van der Waals surface area contributed by atoms with Crippen LogP contribution in [-0.4, -0.2) is 38.7 Å². The number of nitrogens with zero attached hydrogens (tertiary/aromatic N) is 1. The lowest BCUT2D eigenvalue weighted by Gasteiger charge is -2.06. The highest BCUT2D eigenvalue weighted by molar-refractivity contribution is 5.86. The average Bonchev–Trinajstić information content (AvgIpc) is 2.12. The van der Waals surface area contributed by atoms with Crippen molar-refractivity contribution in [2.24, 2.45) is 4.99 Å². The van der Waals surface area contributed by atoms with Crippen molar-refractivity contribution in [3.8, 4) is 0 Å². The molecule has 5 nitrogen and oxygen atoms in total. The molecule has 0 aliphatic rings. The van der Waals surface area contributed by atoms with Crippen LogP contribution in [0.3, 0.4) is 0 Å². The molecule has 0 aliphatic carbocycles. The molecular formula is C9H19N3O2. The van der Waals surface area contributed by atoms with E-state index in [1.54, 1.807) is 0 Å². The van der Waals surface area contributed by atoms with Crippen LogP contribution in [0.2, 0.25) is 0 Å². The second kappa shape index (κ2) is 8.50. The fourth-order valence-electron chi connectivity index (χ4n) is 0.848. The Balaban J connectivity index is 3.85. The lowest BCUT2D eigenvalue weighted by Crippen LogP contribution is -2.28. The quantitative estimate of drug-likeness (QED) is 0.287. The Labute approximate surface area is 84.9 Å². The number of ether oxygens (including phenoxy) is 1. The van der Waals surface area contributed by atoms with Gasteiger partial charge in [0.05, 0.1) is 0 Å². The number of carbonyl (C=O) groups is 1. The average molecular weight is 201 g/mol. The van der Waals surface area contributed by atoms with Crippen LogP contribution < -0.4 is 10.6 Å². The molecule has 0 atom stereocenters. The molecule has 14 heavy (non-hydrogen) atoms. The predicted octanol–water partition coefficient (Wildman–Crippen LogP) is 0.124. The van der Waals surface area contributed by atoms with Crippen LogP contribution in [-0.2, 0) is 9.53 Å². The third kappa shape index (κ3) is 7.54. The lowest BCUT2D eigenvalue weighted by molar-refractivity contribution is -0.133. The molecule has 0 spiro atoms. The summed E-state index contributed by atoms with van der Waals surface area (Å²) in [7, 11) is 1.89. The van der Waals surface area contributed by atoms with Gasteiger partial charge in [0.1, 0.15) is 0 Å². The first-order valence-corrected chi connectivity index (χ1v) is 4.82. The topological polar surface area (TPSA) is 62.7 Å². The largest absolute Gasteiger partial charge is 0.393 e. The fraction of sp³-hybridized carbons (Fsp3) is 0.778. The van der Waals surface area contributed by atoms with Crippen LogP contribution in [0.4, 0.5) is 0 Å². The van der Waals surface area contributed by atoms with Crippen LogP contribution in [0.25, 0.3) is 0 Å². The molecule has 0 saturated heterocycles. The normalized spacial score (nSPS) is 11.2. The Hall–Kier alpha value is -1.10. The van der Waals surface area contributed by atoms with E-state index in [0.29, 0.717) is 19.1 Å². The maximum atomic E-state index is 10.7. The van der Waals surface area contributed by atoms with Gasteiger partial charge in [0.2, 0.25) is 0 Å². The number of carbonyl (C=O) groups excluding carboxylic acids is 1. The van der Waals surface area contributed by atoms with Gasteiger partial charge in [0.25, 0.3) is 6.02 Å². The number of rotatable bonds is 5. The molecule has 0 heterocycles. The molecule has 2 N–H and O–H groups in total. The Kier molecular flexibility index (Phi) is 7.83. The summed E-state index contributed by atoms with van der Waals surface area (Å²) in [4.78, 5) is 14.8. The minimum Gasteiger partial charge on any atom is -0.393 e. The van der Waals surface area contributed by atoms with Gasteiger partial charge in [-0.1, -0.05) is 0 Å². The van der Waals surface area contributed by atoms with E-state index in [-0.39, 0.29) is 5.97 Å². The first-order valence-electron chi connectivity index (χ1n) is 4.82. The standard InChI is InChI=1S/C9H19N3O2/c1-4-11-9(14-8(2)13)12-7-5-6-10-3/h10H,4-7H2,1-3H3,(H,11,12). The van der Waals surface area contributed by atoms with Crippen LogP contribution in [0.15, 0.2) is 4.99 Å². The van der Waals surface area contributed by atoms with Gasteiger partial charge in [-0.15, -0.1) is 0 Å². The zero-order valence-electron chi connectivity index (χ0n) is 9.09. The summed E-state index contributed by atoms with van der Waals surface area (Å²) >= 11 is 0. The molecule has 0 amide bonds. The Bertz CT molecular complexity index is 192. The van der Waals surface area contributed by atoms with Crippen molar-refractivity contribution in [2.45, 2.75) is 20.3 Å². The van der Waals surface area contributed by atoms with Gasteiger partial charge >= 0.3 is 5.97 Å². The molecule has 5 heteroatoms. The molecule has 0 rings (SSSR count). The predicted molar refractivity (Wildman–Crippen MR) is 56.3 cm³/mol. The number of esters is 1. The van der Waals surface area contributed by atoms with E-state index in [2.05, 4.69) is 15.6 Å². The lowest BCUT2D eigenvalue weighted by atomic mass is 10.4. The summed E-state index contributed by atoms with van der Waals surface area (Å²) in [6.07, 6.45) is 0.923.